The van der Waals surface area contributed by atoms with Crippen LogP contribution >= 0.6 is 11.5 Å². The number of carbonyl (C=O) groups is 3. The third-order valence-corrected chi connectivity index (χ3v) is 7.81. The standard InChI is InChI=1S/C31H33N5O6S/c1-17-11-12-21(13-18(17)2)36(31(39)28-24(32)25(29(33)37)35-43-28)26(30(38)34-16-19-9-7-6-8-10-19)20-14-22(40-3)27(42-5)23(15-20)41-4/h6-15,26H,16,32H2,1-5H3,(H2,33,37)(H,34,38)/t26-/m1/s1. The Hall–Kier alpha value is -5.10. The number of methoxy groups -OCH3 is 3. The number of anilines is 2. The highest BCUT2D eigenvalue weighted by atomic mass is 32.1. The number of nitrogen functional groups attached to an aromatic ring is 1. The van der Waals surface area contributed by atoms with Crippen molar-refractivity contribution >= 4 is 40.6 Å². The minimum Gasteiger partial charge on any atom is -0.493 e. The summed E-state index contributed by atoms with van der Waals surface area (Å²) >= 11 is 0.731. The van der Waals surface area contributed by atoms with Crippen LogP contribution in [0.4, 0.5) is 11.4 Å². The number of aryl methyl sites for hydroxylation is 2. The Balaban J connectivity index is 1.95. The summed E-state index contributed by atoms with van der Waals surface area (Å²) in [5.74, 6) is -1.12. The zero-order valence-electron chi connectivity index (χ0n) is 24.5. The molecule has 0 saturated carbocycles. The molecule has 4 rings (SSSR count). The van der Waals surface area contributed by atoms with Gasteiger partial charge in [-0.3, -0.25) is 19.3 Å². The summed E-state index contributed by atoms with van der Waals surface area (Å²) in [6, 6.07) is 16.7. The molecule has 0 aliphatic heterocycles. The van der Waals surface area contributed by atoms with Gasteiger partial charge in [0, 0.05) is 12.2 Å². The number of amides is 3. The first-order valence-corrected chi connectivity index (χ1v) is 14.0. The van der Waals surface area contributed by atoms with Crippen LogP contribution in [0.2, 0.25) is 0 Å². The maximum absolute atomic E-state index is 14.4. The second-order valence-electron chi connectivity index (χ2n) is 9.65. The van der Waals surface area contributed by atoms with E-state index in [-0.39, 0.29) is 22.8 Å². The number of benzene rings is 3. The zero-order valence-corrected chi connectivity index (χ0v) is 25.3. The quantitative estimate of drug-likeness (QED) is 0.230. The second kappa shape index (κ2) is 13.3. The number of rotatable bonds is 11. The highest BCUT2D eigenvalue weighted by Gasteiger charge is 2.37. The Morgan fingerprint density at radius 2 is 1.58 bits per heavy atom. The van der Waals surface area contributed by atoms with E-state index >= 15 is 0 Å². The van der Waals surface area contributed by atoms with Crippen LogP contribution in [-0.4, -0.2) is 43.4 Å². The molecular weight excluding hydrogens is 570 g/mol. The summed E-state index contributed by atoms with van der Waals surface area (Å²) in [5, 5.41) is 2.96. The minimum atomic E-state index is -1.26. The predicted molar refractivity (Wildman–Crippen MR) is 165 cm³/mol. The lowest BCUT2D eigenvalue weighted by Crippen LogP contribution is -2.44. The largest absolute Gasteiger partial charge is 0.493 e. The minimum absolute atomic E-state index is 0.0414. The van der Waals surface area contributed by atoms with Crippen molar-refractivity contribution in [1.82, 2.24) is 9.69 Å². The van der Waals surface area contributed by atoms with Crippen molar-refractivity contribution in [2.45, 2.75) is 26.4 Å². The van der Waals surface area contributed by atoms with E-state index in [9.17, 15) is 14.4 Å². The van der Waals surface area contributed by atoms with Gasteiger partial charge in [0.05, 0.1) is 27.0 Å². The summed E-state index contributed by atoms with van der Waals surface area (Å²) in [5.41, 5.74) is 14.8. The summed E-state index contributed by atoms with van der Waals surface area (Å²) < 4.78 is 20.7. The van der Waals surface area contributed by atoms with Crippen LogP contribution in [0.3, 0.4) is 0 Å². The molecule has 0 aliphatic rings. The van der Waals surface area contributed by atoms with Gasteiger partial charge in [-0.05, 0) is 71.9 Å². The van der Waals surface area contributed by atoms with Crippen molar-refractivity contribution in [3.63, 3.8) is 0 Å². The van der Waals surface area contributed by atoms with E-state index in [1.807, 2.05) is 50.2 Å². The monoisotopic (exact) mass is 603 g/mol. The molecule has 12 heteroatoms. The van der Waals surface area contributed by atoms with Crippen LogP contribution in [-0.2, 0) is 11.3 Å². The first kappa shape index (κ1) is 30.8. The highest BCUT2D eigenvalue weighted by Crippen LogP contribution is 2.42. The molecule has 0 radical (unpaired) electrons. The van der Waals surface area contributed by atoms with Crippen LogP contribution in [0.1, 0.15) is 48.5 Å². The number of nitrogens with one attached hydrogen (secondary N) is 1. The van der Waals surface area contributed by atoms with Crippen LogP contribution in [0.5, 0.6) is 17.2 Å². The molecule has 0 spiro atoms. The first-order valence-electron chi connectivity index (χ1n) is 13.2. The number of primary amides is 1. The molecular formula is C31H33N5O6S. The Bertz CT molecular complexity index is 1630. The lowest BCUT2D eigenvalue weighted by Gasteiger charge is -2.32. The number of carbonyl (C=O) groups excluding carboxylic acids is 3. The first-order chi connectivity index (χ1) is 20.6. The molecule has 0 saturated heterocycles. The second-order valence-corrected chi connectivity index (χ2v) is 10.4. The topological polar surface area (TPSA) is 159 Å². The van der Waals surface area contributed by atoms with Gasteiger partial charge in [-0.1, -0.05) is 36.4 Å². The maximum Gasteiger partial charge on any atom is 0.273 e. The van der Waals surface area contributed by atoms with E-state index in [1.165, 1.54) is 26.2 Å². The zero-order chi connectivity index (χ0) is 31.3. The number of nitrogens with zero attached hydrogens (tertiary/aromatic N) is 2. The van der Waals surface area contributed by atoms with E-state index in [4.69, 9.17) is 25.7 Å². The average Bonchev–Trinajstić information content (AvgIpc) is 3.40. The molecule has 3 aromatic carbocycles. The van der Waals surface area contributed by atoms with E-state index in [1.54, 1.807) is 24.3 Å². The Morgan fingerprint density at radius 3 is 2.12 bits per heavy atom. The van der Waals surface area contributed by atoms with Crippen molar-refractivity contribution in [1.29, 1.82) is 0 Å². The fourth-order valence-electron chi connectivity index (χ4n) is 4.56. The van der Waals surface area contributed by atoms with Gasteiger partial charge in [0.25, 0.3) is 11.8 Å². The SMILES string of the molecule is COc1cc([C@H](C(=O)NCc2ccccc2)N(C(=O)c2snc(C(N)=O)c2N)c2ccc(C)c(C)c2)cc(OC)c1OC. The maximum atomic E-state index is 14.4. The molecule has 4 aromatic rings. The molecule has 0 aliphatic carbocycles. The van der Waals surface area contributed by atoms with Gasteiger partial charge < -0.3 is 31.0 Å². The Labute approximate surface area is 253 Å². The van der Waals surface area contributed by atoms with Crippen molar-refractivity contribution in [3.05, 3.63) is 93.5 Å². The van der Waals surface area contributed by atoms with E-state index < -0.39 is 23.8 Å². The molecule has 1 heterocycles. The van der Waals surface area contributed by atoms with Gasteiger partial charge in [-0.25, -0.2) is 0 Å². The summed E-state index contributed by atoms with van der Waals surface area (Å²) in [4.78, 5) is 41.9. The number of hydrogen-bond acceptors (Lipinski definition) is 9. The van der Waals surface area contributed by atoms with Gasteiger partial charge >= 0.3 is 0 Å². The van der Waals surface area contributed by atoms with Crippen molar-refractivity contribution < 1.29 is 28.6 Å². The Kier molecular flexibility index (Phi) is 9.51. The summed E-state index contributed by atoms with van der Waals surface area (Å²) in [7, 11) is 4.39. The highest BCUT2D eigenvalue weighted by molar-refractivity contribution is 7.09. The van der Waals surface area contributed by atoms with Gasteiger partial charge in [-0.15, -0.1) is 0 Å². The average molecular weight is 604 g/mol. The molecule has 1 atom stereocenters. The molecule has 0 unspecified atom stereocenters. The fourth-order valence-corrected chi connectivity index (χ4v) is 5.30. The molecule has 5 N–H and O–H groups in total. The van der Waals surface area contributed by atoms with E-state index in [0.29, 0.717) is 28.5 Å². The van der Waals surface area contributed by atoms with Crippen molar-refractivity contribution in [2.75, 3.05) is 32.0 Å². The van der Waals surface area contributed by atoms with Gasteiger partial charge in [-0.2, -0.15) is 4.37 Å². The lowest BCUT2D eigenvalue weighted by molar-refractivity contribution is -0.122. The molecule has 224 valence electrons. The van der Waals surface area contributed by atoms with Crippen LogP contribution in [0.25, 0.3) is 0 Å². The molecule has 3 amide bonds. The smallest absolute Gasteiger partial charge is 0.273 e. The fraction of sp³-hybridized carbons (Fsp3) is 0.226. The van der Waals surface area contributed by atoms with Crippen LogP contribution < -0.4 is 35.9 Å². The molecule has 43 heavy (non-hydrogen) atoms. The van der Waals surface area contributed by atoms with Crippen LogP contribution in [0.15, 0.2) is 60.7 Å². The third-order valence-electron chi connectivity index (χ3n) is 6.96. The summed E-state index contributed by atoms with van der Waals surface area (Å²) in [6.45, 7) is 4.04. The molecule has 0 fully saturated rings. The molecule has 11 nitrogen and oxygen atoms in total. The van der Waals surface area contributed by atoms with Crippen molar-refractivity contribution in [3.8, 4) is 17.2 Å². The molecule has 1 aromatic heterocycles. The van der Waals surface area contributed by atoms with Crippen molar-refractivity contribution in [2.24, 2.45) is 5.73 Å². The number of aromatic nitrogens is 1. The summed E-state index contributed by atoms with van der Waals surface area (Å²) in [6.07, 6.45) is 0. The van der Waals surface area contributed by atoms with Gasteiger partial charge in [0.1, 0.15) is 10.9 Å². The van der Waals surface area contributed by atoms with Gasteiger partial charge in [0.15, 0.2) is 17.2 Å². The van der Waals surface area contributed by atoms with Gasteiger partial charge in [0.2, 0.25) is 11.7 Å². The number of nitrogens with two attached hydrogens (primary N) is 2. The van der Waals surface area contributed by atoms with E-state index in [0.717, 1.165) is 28.2 Å². The lowest BCUT2D eigenvalue weighted by atomic mass is 10.00. The van der Waals surface area contributed by atoms with E-state index in [2.05, 4.69) is 9.69 Å². The number of ether oxygens (including phenoxy) is 3. The number of hydrogen-bond donors (Lipinski definition) is 3. The third kappa shape index (κ3) is 6.38. The van der Waals surface area contributed by atoms with Crippen LogP contribution in [0, 0.1) is 13.8 Å². The normalized spacial score (nSPS) is 11.4. The predicted octanol–water partition coefficient (Wildman–Crippen LogP) is 4.17. The Morgan fingerprint density at radius 1 is 0.930 bits per heavy atom. The molecule has 0 bridgehead atoms.